The Morgan fingerprint density at radius 3 is 2.71 bits per heavy atom. The van der Waals surface area contributed by atoms with Crippen LogP contribution in [0.15, 0.2) is 27.8 Å². The van der Waals surface area contributed by atoms with Crippen molar-refractivity contribution >= 4 is 26.8 Å². The predicted octanol–water partition coefficient (Wildman–Crippen LogP) is 1.11. The highest BCUT2D eigenvalue weighted by Gasteiger charge is 2.00. The fourth-order valence-corrected chi connectivity index (χ4v) is 1.65. The molecule has 1 heterocycles. The van der Waals surface area contributed by atoms with Crippen molar-refractivity contribution in [1.82, 2.24) is 9.97 Å². The normalized spacial score (nSPS) is 10.6. The first-order chi connectivity index (χ1) is 6.70. The molecule has 0 spiro atoms. The number of aromatic amines is 2. The summed E-state index contributed by atoms with van der Waals surface area (Å²) in [6.45, 7) is 0. The van der Waals surface area contributed by atoms with E-state index in [0.29, 0.717) is 16.2 Å². The van der Waals surface area contributed by atoms with Crippen molar-refractivity contribution in [3.8, 4) is 0 Å². The number of rotatable bonds is 1. The van der Waals surface area contributed by atoms with Gasteiger partial charge in [0.2, 0.25) is 0 Å². The van der Waals surface area contributed by atoms with Crippen LogP contribution in [-0.2, 0) is 5.33 Å². The van der Waals surface area contributed by atoms with Crippen LogP contribution >= 0.6 is 15.9 Å². The van der Waals surface area contributed by atoms with E-state index in [2.05, 4.69) is 25.9 Å². The van der Waals surface area contributed by atoms with Gasteiger partial charge in [-0.15, -0.1) is 0 Å². The van der Waals surface area contributed by atoms with Crippen molar-refractivity contribution in [2.75, 3.05) is 0 Å². The number of H-pyrrole nitrogens is 2. The molecule has 2 rings (SSSR count). The molecule has 0 saturated carbocycles. The zero-order valence-corrected chi connectivity index (χ0v) is 8.72. The minimum absolute atomic E-state index is 0.357. The monoisotopic (exact) mass is 254 g/mol. The molecule has 1 aromatic carbocycles. The van der Waals surface area contributed by atoms with E-state index >= 15 is 0 Å². The van der Waals surface area contributed by atoms with E-state index in [0.717, 1.165) is 5.56 Å². The summed E-state index contributed by atoms with van der Waals surface area (Å²) in [4.78, 5) is 27.0. The summed E-state index contributed by atoms with van der Waals surface area (Å²) in [5.41, 5.74) is 0.744. The molecule has 0 amide bonds. The fourth-order valence-electron chi connectivity index (χ4n) is 1.30. The second-order valence-electron chi connectivity index (χ2n) is 2.92. The maximum Gasteiger partial charge on any atom is 0.326 e. The molecule has 0 aliphatic rings. The Kier molecular flexibility index (Phi) is 2.25. The van der Waals surface area contributed by atoms with Crippen molar-refractivity contribution in [1.29, 1.82) is 0 Å². The summed E-state index contributed by atoms with van der Waals surface area (Å²) in [6, 6.07) is 5.31. The molecule has 0 unspecified atom stereocenters. The van der Waals surface area contributed by atoms with Gasteiger partial charge in [-0.2, -0.15) is 0 Å². The van der Waals surface area contributed by atoms with E-state index in [1.165, 1.54) is 0 Å². The van der Waals surface area contributed by atoms with Gasteiger partial charge in [0.05, 0.1) is 10.9 Å². The van der Waals surface area contributed by atoms with Crippen LogP contribution in [0.2, 0.25) is 0 Å². The first kappa shape index (κ1) is 9.21. The Morgan fingerprint density at radius 1 is 1.21 bits per heavy atom. The van der Waals surface area contributed by atoms with Gasteiger partial charge in [0.15, 0.2) is 0 Å². The maximum absolute atomic E-state index is 11.3. The summed E-state index contributed by atoms with van der Waals surface area (Å²) < 4.78 is 0. The number of fused-ring (bicyclic) bond motifs is 1. The smallest absolute Gasteiger partial charge is 0.307 e. The van der Waals surface area contributed by atoms with Crippen LogP contribution in [0.4, 0.5) is 0 Å². The highest BCUT2D eigenvalue weighted by molar-refractivity contribution is 9.08. The van der Waals surface area contributed by atoms with Gasteiger partial charge < -0.3 is 4.98 Å². The Hall–Kier alpha value is -1.36. The third-order valence-corrected chi connectivity index (χ3v) is 2.61. The Bertz CT molecular complexity index is 585. The molecule has 1 aromatic heterocycles. The van der Waals surface area contributed by atoms with Crippen molar-refractivity contribution in [3.05, 3.63) is 44.6 Å². The van der Waals surface area contributed by atoms with Crippen molar-refractivity contribution in [2.45, 2.75) is 5.33 Å². The summed E-state index contributed by atoms with van der Waals surface area (Å²) in [6.07, 6.45) is 0. The van der Waals surface area contributed by atoms with Crippen LogP contribution in [0.3, 0.4) is 0 Å². The molecule has 2 aromatic rings. The standard InChI is InChI=1S/C9H7BrN2O2/c10-4-5-1-2-6-7(3-5)11-9(14)12-8(6)13/h1-3H,4H2,(H2,11,12,13,14). The molecular formula is C9H7BrN2O2. The predicted molar refractivity (Wildman–Crippen MR) is 57.8 cm³/mol. The molecule has 72 valence electrons. The second kappa shape index (κ2) is 3.42. The molecule has 0 radical (unpaired) electrons. The Balaban J connectivity index is 2.89. The van der Waals surface area contributed by atoms with Gasteiger partial charge in [0.1, 0.15) is 0 Å². The minimum atomic E-state index is -0.478. The van der Waals surface area contributed by atoms with E-state index in [-0.39, 0.29) is 5.56 Å². The highest BCUT2D eigenvalue weighted by atomic mass is 79.9. The van der Waals surface area contributed by atoms with Gasteiger partial charge in [0, 0.05) is 5.33 Å². The van der Waals surface area contributed by atoms with Gasteiger partial charge in [-0.3, -0.25) is 9.78 Å². The van der Waals surface area contributed by atoms with Crippen molar-refractivity contribution in [3.63, 3.8) is 0 Å². The molecule has 14 heavy (non-hydrogen) atoms. The number of alkyl halides is 1. The topological polar surface area (TPSA) is 65.7 Å². The maximum atomic E-state index is 11.3. The van der Waals surface area contributed by atoms with Gasteiger partial charge >= 0.3 is 5.69 Å². The van der Waals surface area contributed by atoms with Gasteiger partial charge in [-0.05, 0) is 17.7 Å². The summed E-state index contributed by atoms with van der Waals surface area (Å²) >= 11 is 3.30. The highest BCUT2D eigenvalue weighted by Crippen LogP contribution is 2.11. The Morgan fingerprint density at radius 2 is 2.00 bits per heavy atom. The third kappa shape index (κ3) is 1.50. The number of hydrogen-bond acceptors (Lipinski definition) is 2. The van der Waals surface area contributed by atoms with E-state index in [4.69, 9.17) is 0 Å². The van der Waals surface area contributed by atoms with Crippen LogP contribution < -0.4 is 11.2 Å². The summed E-state index contributed by atoms with van der Waals surface area (Å²) in [5, 5.41) is 1.19. The first-order valence-corrected chi connectivity index (χ1v) is 5.14. The molecule has 0 aliphatic carbocycles. The summed E-state index contributed by atoms with van der Waals surface area (Å²) in [7, 11) is 0. The van der Waals surface area contributed by atoms with Gasteiger partial charge in [-0.1, -0.05) is 22.0 Å². The zero-order chi connectivity index (χ0) is 10.1. The average molecular weight is 255 g/mol. The second-order valence-corrected chi connectivity index (χ2v) is 3.48. The zero-order valence-electron chi connectivity index (χ0n) is 7.13. The Labute approximate surface area is 87.1 Å². The first-order valence-electron chi connectivity index (χ1n) is 4.02. The van der Waals surface area contributed by atoms with E-state index < -0.39 is 5.69 Å². The lowest BCUT2D eigenvalue weighted by molar-refractivity contribution is 1.08. The number of halogens is 1. The van der Waals surface area contributed by atoms with Crippen LogP contribution in [-0.4, -0.2) is 9.97 Å². The molecule has 0 bridgehead atoms. The van der Waals surface area contributed by atoms with E-state index in [1.807, 2.05) is 6.07 Å². The molecular weight excluding hydrogens is 248 g/mol. The molecule has 0 aliphatic heterocycles. The van der Waals surface area contributed by atoms with Gasteiger partial charge in [-0.25, -0.2) is 4.79 Å². The van der Waals surface area contributed by atoms with E-state index in [1.54, 1.807) is 12.1 Å². The number of benzene rings is 1. The molecule has 0 atom stereocenters. The molecule has 2 N–H and O–H groups in total. The molecule has 0 fully saturated rings. The number of aromatic nitrogens is 2. The van der Waals surface area contributed by atoms with Crippen LogP contribution in [0.25, 0.3) is 10.9 Å². The molecule has 0 saturated heterocycles. The lowest BCUT2D eigenvalue weighted by atomic mass is 10.2. The van der Waals surface area contributed by atoms with Crippen LogP contribution in [0, 0.1) is 0 Å². The summed E-state index contributed by atoms with van der Waals surface area (Å²) in [5.74, 6) is 0. The van der Waals surface area contributed by atoms with Crippen LogP contribution in [0.5, 0.6) is 0 Å². The number of nitrogens with one attached hydrogen (secondary N) is 2. The quantitative estimate of drug-likeness (QED) is 0.749. The lowest BCUT2D eigenvalue weighted by Gasteiger charge is -1.98. The van der Waals surface area contributed by atoms with Crippen LogP contribution in [0.1, 0.15) is 5.56 Å². The largest absolute Gasteiger partial charge is 0.326 e. The third-order valence-electron chi connectivity index (χ3n) is 1.96. The number of hydrogen-bond donors (Lipinski definition) is 2. The molecule has 5 heteroatoms. The average Bonchev–Trinajstić information content (AvgIpc) is 2.16. The van der Waals surface area contributed by atoms with Crippen molar-refractivity contribution in [2.24, 2.45) is 0 Å². The van der Waals surface area contributed by atoms with Crippen molar-refractivity contribution < 1.29 is 0 Å². The van der Waals surface area contributed by atoms with E-state index in [9.17, 15) is 9.59 Å². The lowest BCUT2D eigenvalue weighted by Crippen LogP contribution is -2.21. The van der Waals surface area contributed by atoms with Gasteiger partial charge in [0.25, 0.3) is 5.56 Å². The molecule has 4 nitrogen and oxygen atoms in total. The minimum Gasteiger partial charge on any atom is -0.307 e. The fraction of sp³-hybridized carbons (Fsp3) is 0.111. The SMILES string of the molecule is O=c1[nH]c(=O)c2ccc(CBr)cc2[nH]1.